The molecule has 4 nitrogen and oxygen atoms in total. The van der Waals surface area contributed by atoms with E-state index in [0.29, 0.717) is 11.8 Å². The first-order valence-corrected chi connectivity index (χ1v) is 6.34. The number of hydrogen-bond acceptors (Lipinski definition) is 3. The van der Waals surface area contributed by atoms with Gasteiger partial charge < -0.3 is 15.8 Å². The number of nitrogens with two attached hydrogens (primary N) is 1. The lowest BCUT2D eigenvalue weighted by Gasteiger charge is -2.14. The van der Waals surface area contributed by atoms with Crippen molar-refractivity contribution in [3.8, 4) is 5.75 Å². The number of ether oxygens (including phenoxy) is 1. The second-order valence-electron chi connectivity index (χ2n) is 4.96. The van der Waals surface area contributed by atoms with Crippen LogP contribution in [0.4, 0.5) is 0 Å². The Hall–Kier alpha value is -1.55. The summed E-state index contributed by atoms with van der Waals surface area (Å²) in [4.78, 5) is 11.6. The van der Waals surface area contributed by atoms with Gasteiger partial charge in [0.1, 0.15) is 5.75 Å². The largest absolute Gasteiger partial charge is 0.483 e. The van der Waals surface area contributed by atoms with Crippen LogP contribution in [0.5, 0.6) is 5.75 Å². The summed E-state index contributed by atoms with van der Waals surface area (Å²) in [7, 11) is 0. The SMILES string of the molecule is Cc1ccc(C(C)N)c(OCC(=O)NC2CC2)c1. The lowest BCUT2D eigenvalue weighted by molar-refractivity contribution is -0.123. The molecule has 1 amide bonds. The highest BCUT2D eigenvalue weighted by molar-refractivity contribution is 5.78. The van der Waals surface area contributed by atoms with Crippen LogP contribution in [0.1, 0.15) is 36.9 Å². The quantitative estimate of drug-likeness (QED) is 0.833. The number of carbonyl (C=O) groups is 1. The van der Waals surface area contributed by atoms with Crippen molar-refractivity contribution in [3.05, 3.63) is 29.3 Å². The normalized spacial score (nSPS) is 16.2. The third-order valence-electron chi connectivity index (χ3n) is 2.96. The van der Waals surface area contributed by atoms with Crippen molar-refractivity contribution in [1.82, 2.24) is 5.32 Å². The summed E-state index contributed by atoms with van der Waals surface area (Å²) in [6.45, 7) is 3.95. The predicted molar refractivity (Wildman–Crippen MR) is 70.4 cm³/mol. The predicted octanol–water partition coefficient (Wildman–Crippen LogP) is 1.67. The van der Waals surface area contributed by atoms with Gasteiger partial charge in [0.05, 0.1) is 0 Å². The summed E-state index contributed by atoms with van der Waals surface area (Å²) < 4.78 is 5.58. The van der Waals surface area contributed by atoms with E-state index >= 15 is 0 Å². The van der Waals surface area contributed by atoms with Crippen molar-refractivity contribution in [2.75, 3.05) is 6.61 Å². The fourth-order valence-corrected chi connectivity index (χ4v) is 1.78. The molecule has 0 saturated heterocycles. The van der Waals surface area contributed by atoms with Crippen LogP contribution in [-0.4, -0.2) is 18.6 Å². The number of aryl methyl sites for hydroxylation is 1. The topological polar surface area (TPSA) is 64.3 Å². The van der Waals surface area contributed by atoms with Gasteiger partial charge in [0.2, 0.25) is 0 Å². The molecule has 3 N–H and O–H groups in total. The minimum Gasteiger partial charge on any atom is -0.483 e. The number of carbonyl (C=O) groups excluding carboxylic acids is 1. The fourth-order valence-electron chi connectivity index (χ4n) is 1.78. The van der Waals surface area contributed by atoms with Crippen LogP contribution in [0.25, 0.3) is 0 Å². The summed E-state index contributed by atoms with van der Waals surface area (Å²) >= 11 is 0. The van der Waals surface area contributed by atoms with Gasteiger partial charge in [0, 0.05) is 17.6 Å². The number of rotatable bonds is 5. The number of nitrogens with one attached hydrogen (secondary N) is 1. The summed E-state index contributed by atoms with van der Waals surface area (Å²) in [5, 5.41) is 2.89. The Morgan fingerprint density at radius 1 is 1.56 bits per heavy atom. The highest BCUT2D eigenvalue weighted by Crippen LogP contribution is 2.25. The zero-order chi connectivity index (χ0) is 13.1. The molecule has 1 aliphatic carbocycles. The minimum atomic E-state index is -0.105. The van der Waals surface area contributed by atoms with Crippen LogP contribution in [-0.2, 0) is 4.79 Å². The highest BCUT2D eigenvalue weighted by Gasteiger charge is 2.23. The fraction of sp³-hybridized carbons (Fsp3) is 0.500. The molecule has 1 aliphatic rings. The Bertz CT molecular complexity index is 439. The second kappa shape index (κ2) is 5.40. The molecule has 98 valence electrons. The Morgan fingerprint density at radius 3 is 2.89 bits per heavy atom. The molecule has 0 aromatic heterocycles. The molecule has 0 heterocycles. The van der Waals surface area contributed by atoms with Crippen molar-refractivity contribution in [2.24, 2.45) is 5.73 Å². The van der Waals surface area contributed by atoms with E-state index in [1.54, 1.807) is 0 Å². The first-order valence-electron chi connectivity index (χ1n) is 6.34. The zero-order valence-electron chi connectivity index (χ0n) is 10.9. The van der Waals surface area contributed by atoms with E-state index in [1.807, 2.05) is 32.0 Å². The average Bonchev–Trinajstić information content (AvgIpc) is 3.10. The third-order valence-corrected chi connectivity index (χ3v) is 2.96. The molecule has 0 radical (unpaired) electrons. The van der Waals surface area contributed by atoms with Crippen molar-refractivity contribution in [2.45, 2.75) is 38.8 Å². The molecule has 1 unspecified atom stereocenters. The summed E-state index contributed by atoms with van der Waals surface area (Å²) in [6.07, 6.45) is 2.17. The van der Waals surface area contributed by atoms with Crippen molar-refractivity contribution in [1.29, 1.82) is 0 Å². The Labute approximate surface area is 108 Å². The standard InChI is InChI=1S/C14H20N2O2/c1-9-3-6-12(10(2)15)13(7-9)18-8-14(17)16-11-4-5-11/h3,6-7,10-11H,4-5,8,15H2,1-2H3,(H,16,17). The summed E-state index contributed by atoms with van der Waals surface area (Å²) in [6, 6.07) is 6.13. The number of amides is 1. The molecule has 2 rings (SSSR count). The Morgan fingerprint density at radius 2 is 2.28 bits per heavy atom. The van der Waals surface area contributed by atoms with Gasteiger partial charge in [-0.1, -0.05) is 12.1 Å². The minimum absolute atomic E-state index is 0.0552. The van der Waals surface area contributed by atoms with Crippen LogP contribution in [0.15, 0.2) is 18.2 Å². The highest BCUT2D eigenvalue weighted by atomic mass is 16.5. The molecule has 1 fully saturated rings. The second-order valence-corrected chi connectivity index (χ2v) is 4.96. The molecular formula is C14H20N2O2. The molecule has 1 atom stereocenters. The maximum absolute atomic E-state index is 11.6. The summed E-state index contributed by atoms with van der Waals surface area (Å²) in [5.74, 6) is 0.644. The molecule has 18 heavy (non-hydrogen) atoms. The van der Waals surface area contributed by atoms with Gasteiger partial charge in [-0.3, -0.25) is 4.79 Å². The first kappa shape index (κ1) is 12.9. The van der Waals surface area contributed by atoms with Gasteiger partial charge in [-0.05, 0) is 38.3 Å². The number of hydrogen-bond donors (Lipinski definition) is 2. The maximum Gasteiger partial charge on any atom is 0.258 e. The van der Waals surface area contributed by atoms with Crippen molar-refractivity contribution >= 4 is 5.91 Å². The van der Waals surface area contributed by atoms with Gasteiger partial charge in [0.25, 0.3) is 5.91 Å². The van der Waals surface area contributed by atoms with Gasteiger partial charge >= 0.3 is 0 Å². The lowest BCUT2D eigenvalue weighted by atomic mass is 10.1. The van der Waals surface area contributed by atoms with Crippen molar-refractivity contribution < 1.29 is 9.53 Å². The van der Waals surface area contributed by atoms with E-state index in [-0.39, 0.29) is 18.6 Å². The van der Waals surface area contributed by atoms with E-state index in [1.165, 1.54) is 0 Å². The van der Waals surface area contributed by atoms with Crippen molar-refractivity contribution in [3.63, 3.8) is 0 Å². The van der Waals surface area contributed by atoms with E-state index in [9.17, 15) is 4.79 Å². The van der Waals surface area contributed by atoms with Crippen LogP contribution >= 0.6 is 0 Å². The lowest BCUT2D eigenvalue weighted by Crippen LogP contribution is -2.30. The van der Waals surface area contributed by atoms with E-state index in [4.69, 9.17) is 10.5 Å². The van der Waals surface area contributed by atoms with Crippen LogP contribution in [0, 0.1) is 6.92 Å². The van der Waals surface area contributed by atoms with E-state index in [2.05, 4.69) is 5.32 Å². The van der Waals surface area contributed by atoms with Crippen LogP contribution in [0.2, 0.25) is 0 Å². The molecule has 1 saturated carbocycles. The van der Waals surface area contributed by atoms with Crippen LogP contribution in [0.3, 0.4) is 0 Å². The average molecular weight is 248 g/mol. The number of benzene rings is 1. The first-order chi connectivity index (χ1) is 8.56. The third kappa shape index (κ3) is 3.47. The molecule has 4 heteroatoms. The monoisotopic (exact) mass is 248 g/mol. The molecule has 1 aromatic rings. The zero-order valence-corrected chi connectivity index (χ0v) is 10.9. The Balaban J connectivity index is 1.98. The molecule has 0 spiro atoms. The van der Waals surface area contributed by atoms with E-state index in [0.717, 1.165) is 24.0 Å². The van der Waals surface area contributed by atoms with Gasteiger partial charge in [-0.25, -0.2) is 0 Å². The van der Waals surface area contributed by atoms with E-state index < -0.39 is 0 Å². The summed E-state index contributed by atoms with van der Waals surface area (Å²) in [5.41, 5.74) is 7.91. The Kier molecular flexibility index (Phi) is 3.87. The molecule has 0 aliphatic heterocycles. The maximum atomic E-state index is 11.6. The van der Waals surface area contributed by atoms with Gasteiger partial charge in [-0.2, -0.15) is 0 Å². The molecular weight excluding hydrogens is 228 g/mol. The van der Waals surface area contributed by atoms with Gasteiger partial charge in [0.15, 0.2) is 6.61 Å². The smallest absolute Gasteiger partial charge is 0.258 e. The van der Waals surface area contributed by atoms with Crippen LogP contribution < -0.4 is 15.8 Å². The molecule has 1 aromatic carbocycles. The van der Waals surface area contributed by atoms with Gasteiger partial charge in [-0.15, -0.1) is 0 Å². The molecule has 0 bridgehead atoms.